The van der Waals surface area contributed by atoms with Gasteiger partial charge in [-0.2, -0.15) is 0 Å². The smallest absolute Gasteiger partial charge is 0.193 e. The topological polar surface area (TPSA) is 68.9 Å². The van der Waals surface area contributed by atoms with Crippen molar-refractivity contribution >= 4 is 11.6 Å². The molecule has 1 aliphatic rings. The number of benzene rings is 2. The minimum absolute atomic E-state index is 0.409. The quantitative estimate of drug-likeness (QED) is 0.487. The van der Waals surface area contributed by atoms with E-state index in [9.17, 15) is 0 Å². The lowest BCUT2D eigenvalue weighted by molar-refractivity contribution is 0.327. The number of nitrogens with one attached hydrogen (secondary N) is 1. The Hall–Kier alpha value is -2.69. The zero-order chi connectivity index (χ0) is 16.8. The summed E-state index contributed by atoms with van der Waals surface area (Å²) < 4.78 is 10.7. The Balaban J connectivity index is 1.45. The van der Waals surface area contributed by atoms with Crippen molar-refractivity contribution < 1.29 is 9.47 Å². The highest BCUT2D eigenvalue weighted by atomic mass is 16.5. The first-order valence-electron chi connectivity index (χ1n) is 8.20. The van der Waals surface area contributed by atoms with Gasteiger partial charge in [0.15, 0.2) is 5.96 Å². The molecular formula is C19H23N3O2. The molecule has 3 N–H and O–H groups in total. The molecule has 0 fully saturated rings. The van der Waals surface area contributed by atoms with E-state index in [2.05, 4.69) is 28.5 Å². The maximum absolute atomic E-state index is 5.94. The summed E-state index contributed by atoms with van der Waals surface area (Å²) in [4.78, 5) is 4.30. The van der Waals surface area contributed by atoms with Crippen LogP contribution in [0.4, 0.5) is 5.69 Å². The minimum atomic E-state index is 0.409. The molecule has 2 aromatic rings. The van der Waals surface area contributed by atoms with Crippen LogP contribution in [0.3, 0.4) is 0 Å². The lowest BCUT2D eigenvalue weighted by Gasteiger charge is -2.08. The Bertz CT molecular complexity index is 711. The number of anilines is 1. The van der Waals surface area contributed by atoms with Gasteiger partial charge in [0.25, 0.3) is 0 Å². The van der Waals surface area contributed by atoms with E-state index in [0.29, 0.717) is 19.1 Å². The Morgan fingerprint density at radius 1 is 1.08 bits per heavy atom. The molecule has 24 heavy (non-hydrogen) atoms. The van der Waals surface area contributed by atoms with Crippen LogP contribution in [0.25, 0.3) is 0 Å². The molecule has 0 aliphatic heterocycles. The van der Waals surface area contributed by atoms with Crippen LogP contribution < -0.4 is 20.5 Å². The van der Waals surface area contributed by atoms with E-state index in [1.165, 1.54) is 24.0 Å². The van der Waals surface area contributed by atoms with Crippen LogP contribution >= 0.6 is 0 Å². The van der Waals surface area contributed by atoms with Crippen LogP contribution in [0.15, 0.2) is 47.5 Å². The normalized spacial score (nSPS) is 13.5. The van der Waals surface area contributed by atoms with E-state index >= 15 is 0 Å². The van der Waals surface area contributed by atoms with Crippen molar-refractivity contribution in [1.29, 1.82) is 0 Å². The SMILES string of the molecule is COc1ccc(OCCN=C(N)Nc2ccc3c(c2)CCC3)cc1. The van der Waals surface area contributed by atoms with Crippen LogP contribution in [0.5, 0.6) is 11.5 Å². The monoisotopic (exact) mass is 325 g/mol. The summed E-state index contributed by atoms with van der Waals surface area (Å²) >= 11 is 0. The second-order valence-electron chi connectivity index (χ2n) is 5.75. The number of methoxy groups -OCH3 is 1. The Kier molecular flexibility index (Phi) is 5.21. The number of ether oxygens (including phenoxy) is 2. The second-order valence-corrected chi connectivity index (χ2v) is 5.75. The van der Waals surface area contributed by atoms with Crippen LogP contribution in [0, 0.1) is 0 Å². The average molecular weight is 325 g/mol. The summed E-state index contributed by atoms with van der Waals surface area (Å²) in [6.45, 7) is 0.967. The highest BCUT2D eigenvalue weighted by Gasteiger charge is 2.10. The van der Waals surface area contributed by atoms with E-state index in [1.54, 1.807) is 7.11 Å². The van der Waals surface area contributed by atoms with Gasteiger partial charge in [0, 0.05) is 5.69 Å². The van der Waals surface area contributed by atoms with Gasteiger partial charge in [-0.25, -0.2) is 4.99 Å². The molecule has 0 saturated heterocycles. The predicted octanol–water partition coefficient (Wildman–Crippen LogP) is 2.99. The van der Waals surface area contributed by atoms with E-state index in [0.717, 1.165) is 23.6 Å². The molecule has 126 valence electrons. The predicted molar refractivity (Wildman–Crippen MR) is 97.1 cm³/mol. The number of hydrogen-bond donors (Lipinski definition) is 2. The van der Waals surface area contributed by atoms with Gasteiger partial charge in [-0.05, 0) is 66.8 Å². The first-order valence-corrected chi connectivity index (χ1v) is 8.20. The van der Waals surface area contributed by atoms with Crippen molar-refractivity contribution in [1.82, 2.24) is 0 Å². The van der Waals surface area contributed by atoms with E-state index in [-0.39, 0.29) is 0 Å². The second kappa shape index (κ2) is 7.73. The molecule has 5 nitrogen and oxygen atoms in total. The fourth-order valence-electron chi connectivity index (χ4n) is 2.84. The van der Waals surface area contributed by atoms with E-state index < -0.39 is 0 Å². The molecule has 2 aromatic carbocycles. The number of rotatable bonds is 6. The first kappa shape index (κ1) is 16.2. The minimum Gasteiger partial charge on any atom is -0.497 e. The average Bonchev–Trinajstić information content (AvgIpc) is 3.07. The maximum Gasteiger partial charge on any atom is 0.193 e. The number of guanidine groups is 1. The van der Waals surface area contributed by atoms with Crippen molar-refractivity contribution in [2.24, 2.45) is 10.7 Å². The summed E-state index contributed by atoms with van der Waals surface area (Å²) in [6, 6.07) is 13.9. The van der Waals surface area contributed by atoms with Crippen LogP contribution in [0.2, 0.25) is 0 Å². The largest absolute Gasteiger partial charge is 0.497 e. The molecule has 0 spiro atoms. The molecule has 0 atom stereocenters. The maximum atomic E-state index is 5.94. The molecule has 0 unspecified atom stereocenters. The molecule has 5 heteroatoms. The molecule has 3 rings (SSSR count). The zero-order valence-corrected chi connectivity index (χ0v) is 13.9. The van der Waals surface area contributed by atoms with Crippen molar-refractivity contribution in [3.05, 3.63) is 53.6 Å². The lowest BCUT2D eigenvalue weighted by atomic mass is 10.1. The number of nitrogens with two attached hydrogens (primary N) is 1. The molecule has 0 bridgehead atoms. The van der Waals surface area contributed by atoms with Crippen LogP contribution in [-0.2, 0) is 12.8 Å². The van der Waals surface area contributed by atoms with Gasteiger partial charge in [-0.1, -0.05) is 6.07 Å². The third-order valence-electron chi connectivity index (χ3n) is 4.07. The molecule has 0 heterocycles. The number of fused-ring (bicyclic) bond motifs is 1. The fraction of sp³-hybridized carbons (Fsp3) is 0.316. The molecule has 1 aliphatic carbocycles. The van der Waals surface area contributed by atoms with Crippen LogP contribution in [0.1, 0.15) is 17.5 Å². The van der Waals surface area contributed by atoms with Gasteiger partial charge < -0.3 is 20.5 Å². The molecular weight excluding hydrogens is 302 g/mol. The third-order valence-corrected chi connectivity index (χ3v) is 4.07. The van der Waals surface area contributed by atoms with Gasteiger partial charge in [0.1, 0.15) is 18.1 Å². The summed E-state index contributed by atoms with van der Waals surface area (Å²) in [5.41, 5.74) is 9.79. The standard InChI is InChI=1S/C19H23N3O2/c1-23-17-7-9-18(10-8-17)24-12-11-21-19(20)22-16-6-5-14-3-2-4-15(14)13-16/h5-10,13H,2-4,11-12H2,1H3,(H3,20,21,22). The zero-order valence-electron chi connectivity index (χ0n) is 13.9. The summed E-state index contributed by atoms with van der Waals surface area (Å²) in [5.74, 6) is 2.01. The Morgan fingerprint density at radius 2 is 1.83 bits per heavy atom. The number of aryl methyl sites for hydroxylation is 2. The van der Waals surface area contributed by atoms with Crippen molar-refractivity contribution in [3.63, 3.8) is 0 Å². The van der Waals surface area contributed by atoms with Gasteiger partial charge in [-0.15, -0.1) is 0 Å². The fourth-order valence-corrected chi connectivity index (χ4v) is 2.84. The Labute approximate surface area is 142 Å². The molecule has 0 aromatic heterocycles. The molecule has 0 saturated carbocycles. The van der Waals surface area contributed by atoms with E-state index in [1.807, 2.05) is 24.3 Å². The van der Waals surface area contributed by atoms with Gasteiger partial charge in [-0.3, -0.25) is 0 Å². The van der Waals surface area contributed by atoms with Crippen molar-refractivity contribution in [2.75, 3.05) is 25.6 Å². The van der Waals surface area contributed by atoms with Crippen molar-refractivity contribution in [2.45, 2.75) is 19.3 Å². The highest BCUT2D eigenvalue weighted by molar-refractivity contribution is 5.92. The molecule has 0 radical (unpaired) electrons. The van der Waals surface area contributed by atoms with Crippen molar-refractivity contribution in [3.8, 4) is 11.5 Å². The third kappa shape index (κ3) is 4.19. The Morgan fingerprint density at radius 3 is 2.62 bits per heavy atom. The van der Waals surface area contributed by atoms with E-state index in [4.69, 9.17) is 15.2 Å². The van der Waals surface area contributed by atoms with Gasteiger partial charge in [0.05, 0.1) is 13.7 Å². The summed E-state index contributed by atoms with van der Waals surface area (Å²) in [7, 11) is 1.64. The van der Waals surface area contributed by atoms with Crippen LogP contribution in [-0.4, -0.2) is 26.2 Å². The lowest BCUT2D eigenvalue weighted by Crippen LogP contribution is -2.23. The molecule has 0 amide bonds. The number of nitrogens with zero attached hydrogens (tertiary/aromatic N) is 1. The highest BCUT2D eigenvalue weighted by Crippen LogP contribution is 2.24. The summed E-state index contributed by atoms with van der Waals surface area (Å²) in [5, 5.41) is 3.14. The van der Waals surface area contributed by atoms with Gasteiger partial charge >= 0.3 is 0 Å². The first-order chi connectivity index (χ1) is 11.7. The number of hydrogen-bond acceptors (Lipinski definition) is 3. The summed E-state index contributed by atoms with van der Waals surface area (Å²) in [6.07, 6.45) is 3.57. The van der Waals surface area contributed by atoms with Gasteiger partial charge in [0.2, 0.25) is 0 Å². The number of aliphatic imine (C=N–C) groups is 1.